The van der Waals surface area contributed by atoms with Crippen molar-refractivity contribution >= 4 is 21.5 Å². The highest BCUT2D eigenvalue weighted by atomic mass is 32.2. The van der Waals surface area contributed by atoms with Gasteiger partial charge in [0.15, 0.2) is 9.84 Å². The van der Waals surface area contributed by atoms with Crippen LogP contribution in [-0.2, 0) is 25.5 Å². The summed E-state index contributed by atoms with van der Waals surface area (Å²) < 4.78 is 67.8. The van der Waals surface area contributed by atoms with Crippen LogP contribution in [-0.4, -0.2) is 33.3 Å². The fourth-order valence-corrected chi connectivity index (χ4v) is 2.99. The van der Waals surface area contributed by atoms with E-state index in [-0.39, 0.29) is 23.6 Å². The molecular formula is C16H17F3N2O4S. The molecule has 1 aromatic carbocycles. The summed E-state index contributed by atoms with van der Waals surface area (Å²) in [5.41, 5.74) is 4.53. The monoisotopic (exact) mass is 390 g/mol. The van der Waals surface area contributed by atoms with E-state index in [0.29, 0.717) is 6.07 Å². The quantitative estimate of drug-likeness (QED) is 0.749. The Labute approximate surface area is 148 Å². The number of esters is 1. The molecule has 2 rings (SSSR count). The SMILES string of the molecule is CCOC(=O)C1=CC(Nc2ccc(S(C)(=O)=O)cc2C(F)(F)F)C(N)=C1. The normalized spacial score (nSPS) is 17.5. The molecule has 0 saturated heterocycles. The molecule has 3 N–H and O–H groups in total. The van der Waals surface area contributed by atoms with Crippen LogP contribution >= 0.6 is 0 Å². The molecule has 0 fully saturated rings. The minimum atomic E-state index is -4.78. The number of nitrogens with two attached hydrogens (primary N) is 1. The molecule has 1 aliphatic carbocycles. The van der Waals surface area contributed by atoms with Crippen molar-refractivity contribution in [2.45, 2.75) is 24.0 Å². The number of carbonyl (C=O) groups is 1. The van der Waals surface area contributed by atoms with E-state index in [2.05, 4.69) is 5.32 Å². The number of nitrogens with one attached hydrogen (secondary N) is 1. The first kappa shape index (κ1) is 19.8. The van der Waals surface area contributed by atoms with Gasteiger partial charge < -0.3 is 15.8 Å². The zero-order valence-electron chi connectivity index (χ0n) is 13.9. The summed E-state index contributed by atoms with van der Waals surface area (Å²) in [4.78, 5) is 11.3. The van der Waals surface area contributed by atoms with Gasteiger partial charge in [-0.1, -0.05) is 0 Å². The summed E-state index contributed by atoms with van der Waals surface area (Å²) in [6.07, 6.45) is -1.30. The molecule has 0 amide bonds. The van der Waals surface area contributed by atoms with E-state index in [1.807, 2.05) is 0 Å². The summed E-state index contributed by atoms with van der Waals surface area (Å²) in [6.45, 7) is 1.77. The number of sulfone groups is 1. The van der Waals surface area contributed by atoms with Crippen molar-refractivity contribution in [3.8, 4) is 0 Å². The summed E-state index contributed by atoms with van der Waals surface area (Å²) in [7, 11) is -3.80. The lowest BCUT2D eigenvalue weighted by molar-refractivity contribution is -0.138. The first-order chi connectivity index (χ1) is 11.9. The van der Waals surface area contributed by atoms with Crippen LogP contribution in [0.1, 0.15) is 12.5 Å². The van der Waals surface area contributed by atoms with E-state index in [0.717, 1.165) is 18.4 Å². The number of alkyl halides is 3. The van der Waals surface area contributed by atoms with E-state index in [9.17, 15) is 26.4 Å². The molecule has 0 spiro atoms. The standard InChI is InChI=1S/C16H17F3N2O4S/c1-3-25-15(22)9-6-12(20)14(7-9)21-13-5-4-10(26(2,23)24)8-11(13)16(17,18)19/h4-8,14,21H,3,20H2,1-2H3. The Morgan fingerprint density at radius 1 is 1.35 bits per heavy atom. The van der Waals surface area contributed by atoms with Gasteiger partial charge in [0.25, 0.3) is 0 Å². The minimum absolute atomic E-state index is 0.128. The Morgan fingerprint density at radius 2 is 2.00 bits per heavy atom. The lowest BCUT2D eigenvalue weighted by Gasteiger charge is -2.19. The van der Waals surface area contributed by atoms with Crippen molar-refractivity contribution in [1.82, 2.24) is 0 Å². The second-order valence-corrected chi connectivity index (χ2v) is 7.60. The summed E-state index contributed by atoms with van der Waals surface area (Å²) in [5.74, 6) is -0.636. The van der Waals surface area contributed by atoms with E-state index in [4.69, 9.17) is 10.5 Å². The molecule has 0 aliphatic heterocycles. The Bertz CT molecular complexity index is 889. The van der Waals surface area contributed by atoms with E-state index < -0.39 is 38.5 Å². The van der Waals surface area contributed by atoms with Gasteiger partial charge in [-0.25, -0.2) is 13.2 Å². The van der Waals surface area contributed by atoms with Gasteiger partial charge in [-0.3, -0.25) is 0 Å². The lowest BCUT2D eigenvalue weighted by Crippen LogP contribution is -2.24. The second kappa shape index (κ2) is 7.02. The summed E-state index contributed by atoms with van der Waals surface area (Å²) in [5, 5.41) is 2.58. The van der Waals surface area contributed by atoms with Gasteiger partial charge in [-0.2, -0.15) is 13.2 Å². The highest BCUT2D eigenvalue weighted by Crippen LogP contribution is 2.37. The van der Waals surface area contributed by atoms with Crippen molar-refractivity contribution in [2.75, 3.05) is 18.2 Å². The number of ether oxygens (including phenoxy) is 1. The van der Waals surface area contributed by atoms with Crippen molar-refractivity contribution in [2.24, 2.45) is 5.73 Å². The Kier molecular flexibility index (Phi) is 5.36. The second-order valence-electron chi connectivity index (χ2n) is 5.59. The van der Waals surface area contributed by atoms with Crippen LogP contribution < -0.4 is 11.1 Å². The number of anilines is 1. The van der Waals surface area contributed by atoms with Gasteiger partial charge in [-0.15, -0.1) is 0 Å². The van der Waals surface area contributed by atoms with Crippen LogP contribution in [0.2, 0.25) is 0 Å². The molecule has 1 aliphatic rings. The highest BCUT2D eigenvalue weighted by molar-refractivity contribution is 7.90. The lowest BCUT2D eigenvalue weighted by atomic mass is 10.1. The summed E-state index contributed by atoms with van der Waals surface area (Å²) in [6, 6.07) is 1.78. The Hall–Kier alpha value is -2.49. The molecule has 6 nitrogen and oxygen atoms in total. The van der Waals surface area contributed by atoms with Crippen LogP contribution in [0.25, 0.3) is 0 Å². The van der Waals surface area contributed by atoms with Gasteiger partial charge in [0.2, 0.25) is 0 Å². The molecule has 0 heterocycles. The zero-order valence-corrected chi connectivity index (χ0v) is 14.7. The fraction of sp³-hybridized carbons (Fsp3) is 0.312. The fourth-order valence-electron chi connectivity index (χ4n) is 2.34. The van der Waals surface area contributed by atoms with Crippen LogP contribution in [0.3, 0.4) is 0 Å². The molecule has 10 heteroatoms. The Morgan fingerprint density at radius 3 is 2.54 bits per heavy atom. The van der Waals surface area contributed by atoms with Gasteiger partial charge in [0, 0.05) is 17.6 Å². The maximum atomic E-state index is 13.3. The van der Waals surface area contributed by atoms with E-state index >= 15 is 0 Å². The zero-order chi connectivity index (χ0) is 19.7. The number of hydrogen-bond acceptors (Lipinski definition) is 6. The van der Waals surface area contributed by atoms with Crippen molar-refractivity contribution in [3.05, 3.63) is 47.2 Å². The molecular weight excluding hydrogens is 373 g/mol. The van der Waals surface area contributed by atoms with Gasteiger partial charge >= 0.3 is 12.1 Å². The molecule has 1 atom stereocenters. The third-order valence-corrected chi connectivity index (χ3v) is 4.68. The molecule has 0 aromatic heterocycles. The minimum Gasteiger partial charge on any atom is -0.462 e. The maximum Gasteiger partial charge on any atom is 0.418 e. The number of hydrogen-bond donors (Lipinski definition) is 2. The molecule has 1 unspecified atom stereocenters. The first-order valence-corrected chi connectivity index (χ1v) is 9.36. The van der Waals surface area contributed by atoms with Gasteiger partial charge in [0.05, 0.1) is 28.7 Å². The van der Waals surface area contributed by atoms with Gasteiger partial charge in [-0.05, 0) is 37.3 Å². The van der Waals surface area contributed by atoms with Crippen LogP contribution in [0, 0.1) is 0 Å². The Balaban J connectivity index is 2.38. The largest absolute Gasteiger partial charge is 0.462 e. The first-order valence-electron chi connectivity index (χ1n) is 7.47. The average molecular weight is 390 g/mol. The van der Waals surface area contributed by atoms with Crippen LogP contribution in [0.5, 0.6) is 0 Å². The maximum absolute atomic E-state index is 13.3. The predicted molar refractivity (Wildman–Crippen MR) is 89.0 cm³/mol. The van der Waals surface area contributed by atoms with Crippen molar-refractivity contribution in [3.63, 3.8) is 0 Å². The van der Waals surface area contributed by atoms with Crippen LogP contribution in [0.15, 0.2) is 46.5 Å². The smallest absolute Gasteiger partial charge is 0.418 e. The molecule has 142 valence electrons. The third-order valence-electron chi connectivity index (χ3n) is 3.57. The molecule has 26 heavy (non-hydrogen) atoms. The number of halogens is 3. The van der Waals surface area contributed by atoms with E-state index in [1.165, 1.54) is 12.2 Å². The number of rotatable bonds is 5. The molecule has 0 radical (unpaired) electrons. The molecule has 1 aromatic rings. The third kappa shape index (κ3) is 4.37. The predicted octanol–water partition coefficient (Wildman–Crippen LogP) is 2.24. The topological polar surface area (TPSA) is 98.5 Å². The van der Waals surface area contributed by atoms with Crippen molar-refractivity contribution < 1.29 is 31.1 Å². The molecule has 0 saturated carbocycles. The number of carbonyl (C=O) groups excluding carboxylic acids is 1. The number of benzene rings is 1. The van der Waals surface area contributed by atoms with Crippen molar-refractivity contribution in [1.29, 1.82) is 0 Å². The van der Waals surface area contributed by atoms with E-state index in [1.54, 1.807) is 6.92 Å². The highest BCUT2D eigenvalue weighted by Gasteiger charge is 2.35. The van der Waals surface area contributed by atoms with Crippen LogP contribution in [0.4, 0.5) is 18.9 Å². The summed E-state index contributed by atoms with van der Waals surface area (Å²) >= 11 is 0. The average Bonchev–Trinajstić information content (AvgIpc) is 2.87. The molecule has 0 bridgehead atoms. The van der Waals surface area contributed by atoms with Gasteiger partial charge in [0.1, 0.15) is 0 Å².